The molecule has 0 fully saturated rings. The lowest BCUT2D eigenvalue weighted by molar-refractivity contribution is -0.141. The molecule has 0 aliphatic rings. The van der Waals surface area contributed by atoms with Gasteiger partial charge in [0.15, 0.2) is 5.69 Å². The SMILES string of the molecule is Nc1cc(C(F)(F)F)nc(NC(=O)Nc2ccc(Cc3ccccc3)cc2)n1. The molecule has 0 aliphatic heterocycles. The Morgan fingerprint density at radius 3 is 2.21 bits per heavy atom. The molecule has 0 saturated heterocycles. The number of amides is 2. The Kier molecular flexibility index (Phi) is 5.44. The first-order valence-corrected chi connectivity index (χ1v) is 8.22. The van der Waals surface area contributed by atoms with E-state index < -0.39 is 29.7 Å². The van der Waals surface area contributed by atoms with Crippen LogP contribution in [0.4, 0.5) is 35.4 Å². The highest BCUT2D eigenvalue weighted by molar-refractivity contribution is 5.98. The monoisotopic (exact) mass is 387 g/mol. The van der Waals surface area contributed by atoms with Gasteiger partial charge in [-0.2, -0.15) is 18.2 Å². The summed E-state index contributed by atoms with van der Waals surface area (Å²) in [6.45, 7) is 0. The number of urea groups is 1. The highest BCUT2D eigenvalue weighted by atomic mass is 19.4. The first-order chi connectivity index (χ1) is 13.3. The summed E-state index contributed by atoms with van der Waals surface area (Å²) < 4.78 is 38.3. The molecule has 0 radical (unpaired) electrons. The van der Waals surface area contributed by atoms with Crippen LogP contribution in [0, 0.1) is 0 Å². The van der Waals surface area contributed by atoms with E-state index in [1.54, 1.807) is 12.1 Å². The Labute approximate surface area is 158 Å². The first-order valence-electron chi connectivity index (χ1n) is 8.22. The maximum atomic E-state index is 12.8. The van der Waals surface area contributed by atoms with Gasteiger partial charge in [0.1, 0.15) is 5.82 Å². The molecule has 1 heterocycles. The molecule has 6 nitrogen and oxygen atoms in total. The van der Waals surface area contributed by atoms with Gasteiger partial charge >= 0.3 is 12.2 Å². The Morgan fingerprint density at radius 2 is 1.57 bits per heavy atom. The number of rotatable bonds is 4. The second kappa shape index (κ2) is 7.95. The average molecular weight is 387 g/mol. The van der Waals surface area contributed by atoms with Gasteiger partial charge in [-0.25, -0.2) is 9.78 Å². The van der Waals surface area contributed by atoms with Crippen molar-refractivity contribution in [2.75, 3.05) is 16.4 Å². The van der Waals surface area contributed by atoms with Crippen LogP contribution in [0.5, 0.6) is 0 Å². The molecule has 2 aromatic carbocycles. The van der Waals surface area contributed by atoms with Gasteiger partial charge < -0.3 is 11.1 Å². The zero-order valence-electron chi connectivity index (χ0n) is 14.5. The van der Waals surface area contributed by atoms with Crippen molar-refractivity contribution in [2.45, 2.75) is 12.6 Å². The summed E-state index contributed by atoms with van der Waals surface area (Å²) in [6, 6.07) is 16.8. The van der Waals surface area contributed by atoms with Crippen molar-refractivity contribution < 1.29 is 18.0 Å². The molecule has 1 aromatic heterocycles. The van der Waals surface area contributed by atoms with E-state index in [0.717, 1.165) is 17.5 Å². The van der Waals surface area contributed by atoms with Gasteiger partial charge in [-0.3, -0.25) is 5.32 Å². The minimum atomic E-state index is -4.70. The molecular weight excluding hydrogens is 371 g/mol. The molecule has 3 rings (SSSR count). The van der Waals surface area contributed by atoms with Gasteiger partial charge in [0.05, 0.1) is 0 Å². The highest BCUT2D eigenvalue weighted by Gasteiger charge is 2.33. The van der Waals surface area contributed by atoms with Crippen LogP contribution >= 0.6 is 0 Å². The molecular formula is C19H16F3N5O. The molecule has 0 aliphatic carbocycles. The largest absolute Gasteiger partial charge is 0.433 e. The lowest BCUT2D eigenvalue weighted by Gasteiger charge is -2.10. The summed E-state index contributed by atoms with van der Waals surface area (Å²) in [4.78, 5) is 18.8. The summed E-state index contributed by atoms with van der Waals surface area (Å²) in [5.41, 5.74) is 6.77. The lowest BCUT2D eigenvalue weighted by atomic mass is 10.1. The zero-order valence-corrected chi connectivity index (χ0v) is 14.5. The topological polar surface area (TPSA) is 92.9 Å². The molecule has 2 amide bonds. The van der Waals surface area contributed by atoms with Crippen LogP contribution in [0.2, 0.25) is 0 Å². The van der Waals surface area contributed by atoms with Gasteiger partial charge in [-0.05, 0) is 29.7 Å². The third-order valence-corrected chi connectivity index (χ3v) is 3.72. The Morgan fingerprint density at radius 1 is 0.929 bits per heavy atom. The number of aromatic nitrogens is 2. The average Bonchev–Trinajstić information content (AvgIpc) is 2.63. The van der Waals surface area contributed by atoms with Gasteiger partial charge in [0.2, 0.25) is 5.95 Å². The predicted octanol–water partition coefficient (Wildman–Crippen LogP) is 4.31. The molecule has 28 heavy (non-hydrogen) atoms. The fourth-order valence-corrected chi connectivity index (χ4v) is 2.47. The number of anilines is 3. The van der Waals surface area contributed by atoms with Gasteiger partial charge in [0.25, 0.3) is 0 Å². The third kappa shape index (κ3) is 5.19. The molecule has 0 atom stereocenters. The smallest absolute Gasteiger partial charge is 0.384 e. The van der Waals surface area contributed by atoms with Crippen LogP contribution in [0.1, 0.15) is 16.8 Å². The Bertz CT molecular complexity index is 960. The number of carbonyl (C=O) groups is 1. The third-order valence-electron chi connectivity index (χ3n) is 3.72. The molecule has 0 bridgehead atoms. The summed E-state index contributed by atoms with van der Waals surface area (Å²) in [5.74, 6) is -0.937. The van der Waals surface area contributed by atoms with Crippen LogP contribution in [0.15, 0.2) is 60.7 Å². The molecule has 3 aromatic rings. The first kappa shape index (κ1) is 19.2. The van der Waals surface area contributed by atoms with Crippen LogP contribution in [-0.4, -0.2) is 16.0 Å². The van der Waals surface area contributed by atoms with E-state index in [1.165, 1.54) is 0 Å². The maximum absolute atomic E-state index is 12.8. The van der Waals surface area contributed by atoms with Crippen molar-refractivity contribution >= 4 is 23.5 Å². The van der Waals surface area contributed by atoms with Crippen LogP contribution in [-0.2, 0) is 12.6 Å². The van der Waals surface area contributed by atoms with Crippen molar-refractivity contribution in [1.29, 1.82) is 0 Å². The van der Waals surface area contributed by atoms with Crippen LogP contribution in [0.25, 0.3) is 0 Å². The van der Waals surface area contributed by atoms with E-state index in [0.29, 0.717) is 11.8 Å². The predicted molar refractivity (Wildman–Crippen MR) is 99.8 cm³/mol. The van der Waals surface area contributed by atoms with Gasteiger partial charge in [0, 0.05) is 11.8 Å². The highest BCUT2D eigenvalue weighted by Crippen LogP contribution is 2.29. The number of hydrogen-bond acceptors (Lipinski definition) is 4. The number of nitrogens with zero attached hydrogens (tertiary/aromatic N) is 2. The molecule has 0 saturated carbocycles. The van der Waals surface area contributed by atoms with E-state index in [2.05, 4.69) is 20.6 Å². The number of alkyl halides is 3. The minimum absolute atomic E-state index is 0.400. The van der Waals surface area contributed by atoms with Crippen LogP contribution in [0.3, 0.4) is 0 Å². The second-order valence-corrected chi connectivity index (χ2v) is 5.94. The normalized spacial score (nSPS) is 11.1. The fourth-order valence-electron chi connectivity index (χ4n) is 2.47. The Hall–Kier alpha value is -3.62. The number of nitrogen functional groups attached to an aromatic ring is 1. The van der Waals surface area contributed by atoms with E-state index in [4.69, 9.17) is 5.73 Å². The molecule has 0 spiro atoms. The zero-order chi connectivity index (χ0) is 20.1. The maximum Gasteiger partial charge on any atom is 0.433 e. The number of benzene rings is 2. The van der Waals surface area contributed by atoms with E-state index >= 15 is 0 Å². The van der Waals surface area contributed by atoms with Crippen molar-refractivity contribution in [3.8, 4) is 0 Å². The summed E-state index contributed by atoms with van der Waals surface area (Å²) >= 11 is 0. The molecule has 0 unspecified atom stereocenters. The fraction of sp³-hybridized carbons (Fsp3) is 0.105. The quantitative estimate of drug-likeness (QED) is 0.622. The van der Waals surface area contributed by atoms with Crippen molar-refractivity contribution in [3.63, 3.8) is 0 Å². The molecule has 4 N–H and O–H groups in total. The summed E-state index contributed by atoms with van der Waals surface area (Å²) in [5, 5.41) is 4.65. The van der Waals surface area contributed by atoms with Crippen molar-refractivity contribution in [2.24, 2.45) is 0 Å². The van der Waals surface area contributed by atoms with Gasteiger partial charge in [-0.15, -0.1) is 0 Å². The number of nitrogens with one attached hydrogen (secondary N) is 2. The number of carbonyl (C=O) groups excluding carboxylic acids is 1. The van der Waals surface area contributed by atoms with Crippen molar-refractivity contribution in [1.82, 2.24) is 9.97 Å². The van der Waals surface area contributed by atoms with E-state index in [-0.39, 0.29) is 0 Å². The van der Waals surface area contributed by atoms with E-state index in [1.807, 2.05) is 42.5 Å². The summed E-state index contributed by atoms with van der Waals surface area (Å²) in [6.07, 6.45) is -3.96. The van der Waals surface area contributed by atoms with Crippen LogP contribution < -0.4 is 16.4 Å². The lowest BCUT2D eigenvalue weighted by Crippen LogP contribution is -2.22. The standard InChI is InChI=1S/C19H16F3N5O/c20-19(21,22)15-11-16(23)26-17(25-15)27-18(28)24-14-8-6-13(7-9-14)10-12-4-2-1-3-5-12/h1-9,11H,10H2,(H4,23,24,25,26,27,28). The summed E-state index contributed by atoms with van der Waals surface area (Å²) in [7, 11) is 0. The van der Waals surface area contributed by atoms with Gasteiger partial charge in [-0.1, -0.05) is 42.5 Å². The van der Waals surface area contributed by atoms with Crippen molar-refractivity contribution in [3.05, 3.63) is 77.5 Å². The number of halogens is 3. The Balaban J connectivity index is 1.63. The minimum Gasteiger partial charge on any atom is -0.384 e. The molecule has 144 valence electrons. The van der Waals surface area contributed by atoms with E-state index in [9.17, 15) is 18.0 Å². The molecule has 9 heteroatoms. The second-order valence-electron chi connectivity index (χ2n) is 5.94. The number of hydrogen-bond donors (Lipinski definition) is 3. The number of nitrogens with two attached hydrogens (primary N) is 1.